The second-order valence-electron chi connectivity index (χ2n) is 6.04. The Morgan fingerprint density at radius 2 is 2.00 bits per heavy atom. The summed E-state index contributed by atoms with van der Waals surface area (Å²) in [6, 6.07) is 5.70. The van der Waals surface area contributed by atoms with Gasteiger partial charge in [-0.2, -0.15) is 0 Å². The van der Waals surface area contributed by atoms with Gasteiger partial charge in [0.25, 0.3) is 5.89 Å². The lowest BCUT2D eigenvalue weighted by Gasteiger charge is -2.17. The summed E-state index contributed by atoms with van der Waals surface area (Å²) in [5, 5.41) is 14.1. The molecule has 0 spiro atoms. The average molecular weight is 375 g/mol. The van der Waals surface area contributed by atoms with Crippen molar-refractivity contribution in [2.75, 3.05) is 43.9 Å². The van der Waals surface area contributed by atoms with Crippen LogP contribution in [0.4, 0.5) is 11.7 Å². The maximum atomic E-state index is 11.5. The van der Waals surface area contributed by atoms with Crippen LogP contribution in [0, 0.1) is 0 Å². The van der Waals surface area contributed by atoms with Crippen molar-refractivity contribution in [2.24, 2.45) is 0 Å². The summed E-state index contributed by atoms with van der Waals surface area (Å²) in [5.41, 5.74) is 1.34. The van der Waals surface area contributed by atoms with E-state index in [1.54, 1.807) is 32.2 Å². The second-order valence-corrected chi connectivity index (χ2v) is 6.04. The molecule has 148 valence electrons. The van der Waals surface area contributed by atoms with Crippen molar-refractivity contribution in [1.82, 2.24) is 15.1 Å². The molecule has 1 aromatic carbocycles. The molecule has 1 aromatic heterocycles. The van der Waals surface area contributed by atoms with Gasteiger partial charge in [0.1, 0.15) is 5.75 Å². The lowest BCUT2D eigenvalue weighted by Crippen LogP contribution is -2.25. The van der Waals surface area contributed by atoms with Gasteiger partial charge in [-0.1, -0.05) is 25.9 Å². The number of hydrogen-bond acceptors (Lipinski definition) is 7. The van der Waals surface area contributed by atoms with Gasteiger partial charge in [-0.05, 0) is 38.2 Å². The summed E-state index contributed by atoms with van der Waals surface area (Å²) >= 11 is 0. The van der Waals surface area contributed by atoms with Crippen molar-refractivity contribution in [3.8, 4) is 17.2 Å². The van der Waals surface area contributed by atoms with Crippen LogP contribution in [0.2, 0.25) is 0 Å². The van der Waals surface area contributed by atoms with Gasteiger partial charge in [0.15, 0.2) is 0 Å². The molecule has 1 heterocycles. The lowest BCUT2D eigenvalue weighted by atomic mass is 10.1. The van der Waals surface area contributed by atoms with E-state index in [0.717, 1.165) is 32.6 Å². The molecule has 2 rings (SSSR count). The third-order valence-electron chi connectivity index (χ3n) is 4.28. The fourth-order valence-corrected chi connectivity index (χ4v) is 2.64. The molecule has 8 heteroatoms. The Labute approximate surface area is 160 Å². The SMILES string of the molecule is CCC(=O)Nc1ccc(-c2nnc(NCCCN(CC)CC)o2)c(OC)c1. The Bertz CT molecular complexity index is 728. The third-order valence-corrected chi connectivity index (χ3v) is 4.28. The van der Waals surface area contributed by atoms with Gasteiger partial charge in [-0.15, -0.1) is 5.10 Å². The lowest BCUT2D eigenvalue weighted by molar-refractivity contribution is -0.115. The Hall–Kier alpha value is -2.61. The van der Waals surface area contributed by atoms with Crippen molar-refractivity contribution in [3.05, 3.63) is 18.2 Å². The summed E-state index contributed by atoms with van der Waals surface area (Å²) in [4.78, 5) is 13.9. The van der Waals surface area contributed by atoms with Crippen LogP contribution in [0.1, 0.15) is 33.6 Å². The van der Waals surface area contributed by atoms with Gasteiger partial charge in [0.2, 0.25) is 5.91 Å². The minimum atomic E-state index is -0.0567. The van der Waals surface area contributed by atoms with Crippen LogP contribution < -0.4 is 15.4 Å². The molecule has 0 saturated heterocycles. The highest BCUT2D eigenvalue weighted by Crippen LogP contribution is 2.32. The molecule has 0 aliphatic carbocycles. The Balaban J connectivity index is 1.99. The van der Waals surface area contributed by atoms with Gasteiger partial charge in [0.05, 0.1) is 12.7 Å². The van der Waals surface area contributed by atoms with E-state index >= 15 is 0 Å². The van der Waals surface area contributed by atoms with Crippen LogP contribution in [0.3, 0.4) is 0 Å². The van der Waals surface area contributed by atoms with Crippen molar-refractivity contribution in [2.45, 2.75) is 33.6 Å². The smallest absolute Gasteiger partial charge is 0.315 e. The molecule has 0 bridgehead atoms. The molecule has 2 aromatic rings. The van der Waals surface area contributed by atoms with Gasteiger partial charge >= 0.3 is 6.01 Å². The first-order valence-corrected chi connectivity index (χ1v) is 9.39. The van der Waals surface area contributed by atoms with E-state index in [0.29, 0.717) is 35.3 Å². The van der Waals surface area contributed by atoms with Crippen LogP contribution in [0.5, 0.6) is 5.75 Å². The highest BCUT2D eigenvalue weighted by Gasteiger charge is 2.14. The molecule has 1 amide bonds. The molecule has 0 aliphatic rings. The molecule has 0 fully saturated rings. The zero-order valence-corrected chi connectivity index (χ0v) is 16.5. The van der Waals surface area contributed by atoms with Crippen molar-refractivity contribution in [3.63, 3.8) is 0 Å². The highest BCUT2D eigenvalue weighted by atomic mass is 16.5. The number of carbonyl (C=O) groups excluding carboxylic acids is 1. The maximum absolute atomic E-state index is 11.5. The number of rotatable bonds is 11. The fraction of sp³-hybridized carbons (Fsp3) is 0.526. The van der Waals surface area contributed by atoms with E-state index in [2.05, 4.69) is 39.6 Å². The second kappa shape index (κ2) is 10.5. The molecule has 0 unspecified atom stereocenters. The number of nitrogens with zero attached hydrogens (tertiary/aromatic N) is 3. The first-order valence-electron chi connectivity index (χ1n) is 9.39. The van der Waals surface area contributed by atoms with Crippen LogP contribution in [0.15, 0.2) is 22.6 Å². The van der Waals surface area contributed by atoms with Crippen molar-refractivity contribution >= 4 is 17.6 Å². The predicted molar refractivity (Wildman–Crippen MR) is 106 cm³/mol. The minimum Gasteiger partial charge on any atom is -0.496 e. The van der Waals surface area contributed by atoms with E-state index in [1.807, 2.05) is 0 Å². The summed E-state index contributed by atoms with van der Waals surface area (Å²) in [6.07, 6.45) is 1.41. The quantitative estimate of drug-likeness (QED) is 0.582. The molecule has 8 nitrogen and oxygen atoms in total. The molecule has 0 radical (unpaired) electrons. The van der Waals surface area contributed by atoms with E-state index < -0.39 is 0 Å². The number of ether oxygens (including phenoxy) is 1. The van der Waals surface area contributed by atoms with Gasteiger partial charge in [-0.3, -0.25) is 4.79 Å². The number of methoxy groups -OCH3 is 1. The monoisotopic (exact) mass is 375 g/mol. The van der Waals surface area contributed by atoms with E-state index in [1.165, 1.54) is 0 Å². The summed E-state index contributed by atoms with van der Waals surface area (Å²) in [6.45, 7) is 10.0. The van der Waals surface area contributed by atoms with Crippen LogP contribution in [0.25, 0.3) is 11.5 Å². The first kappa shape index (κ1) is 20.7. The van der Waals surface area contributed by atoms with E-state index in [4.69, 9.17) is 9.15 Å². The van der Waals surface area contributed by atoms with Crippen LogP contribution >= 0.6 is 0 Å². The number of carbonyl (C=O) groups is 1. The van der Waals surface area contributed by atoms with Crippen molar-refractivity contribution in [1.29, 1.82) is 0 Å². The van der Waals surface area contributed by atoms with Crippen molar-refractivity contribution < 1.29 is 13.9 Å². The normalized spacial score (nSPS) is 10.9. The molecule has 2 N–H and O–H groups in total. The van der Waals surface area contributed by atoms with Gasteiger partial charge < -0.3 is 24.7 Å². The predicted octanol–water partition coefficient (Wildman–Crippen LogP) is 3.24. The summed E-state index contributed by atoms with van der Waals surface area (Å²) < 4.78 is 11.1. The zero-order valence-electron chi connectivity index (χ0n) is 16.5. The van der Waals surface area contributed by atoms with Gasteiger partial charge in [-0.25, -0.2) is 0 Å². The molecular weight excluding hydrogens is 346 g/mol. The molecule has 0 aliphatic heterocycles. The average Bonchev–Trinajstić information content (AvgIpc) is 3.16. The Morgan fingerprint density at radius 1 is 1.22 bits per heavy atom. The number of aromatic nitrogens is 2. The largest absolute Gasteiger partial charge is 0.496 e. The fourth-order valence-electron chi connectivity index (χ4n) is 2.64. The Kier molecular flexibility index (Phi) is 8.06. The molecular formula is C19H29N5O3. The number of amides is 1. The minimum absolute atomic E-state index is 0.0567. The number of hydrogen-bond donors (Lipinski definition) is 2. The third kappa shape index (κ3) is 5.96. The summed E-state index contributed by atoms with van der Waals surface area (Å²) in [7, 11) is 1.56. The zero-order chi connectivity index (χ0) is 19.6. The standard InChI is InChI=1S/C19H29N5O3/c1-5-17(25)21-14-9-10-15(16(13-14)26-4)18-22-23-19(27-18)20-11-8-12-24(6-2)7-3/h9-10,13H,5-8,11-12H2,1-4H3,(H,20,23)(H,21,25). The number of anilines is 2. The molecule has 0 saturated carbocycles. The Morgan fingerprint density at radius 3 is 2.67 bits per heavy atom. The van der Waals surface area contributed by atoms with E-state index in [-0.39, 0.29) is 5.91 Å². The number of benzene rings is 1. The topological polar surface area (TPSA) is 92.5 Å². The van der Waals surface area contributed by atoms with Crippen LogP contribution in [-0.4, -0.2) is 54.3 Å². The highest BCUT2D eigenvalue weighted by molar-refractivity contribution is 5.91. The number of nitrogens with one attached hydrogen (secondary N) is 2. The summed E-state index contributed by atoms with van der Waals surface area (Å²) in [5.74, 6) is 0.867. The molecule has 0 atom stereocenters. The first-order chi connectivity index (χ1) is 13.1. The maximum Gasteiger partial charge on any atom is 0.315 e. The molecule has 27 heavy (non-hydrogen) atoms. The van der Waals surface area contributed by atoms with Gasteiger partial charge in [0, 0.05) is 24.7 Å². The van der Waals surface area contributed by atoms with E-state index in [9.17, 15) is 4.79 Å². The van der Waals surface area contributed by atoms with Crippen LogP contribution in [-0.2, 0) is 4.79 Å².